The van der Waals surface area contributed by atoms with Crippen LogP contribution in [0.2, 0.25) is 0 Å². The molecule has 0 rings (SSSR count). The molecule has 0 saturated heterocycles. The second-order valence-corrected chi connectivity index (χ2v) is 3.20. The van der Waals surface area contributed by atoms with Gasteiger partial charge in [-0.05, 0) is 21.0 Å². The molecule has 1 atom stereocenters. The molecule has 14 heavy (non-hydrogen) atoms. The van der Waals surface area contributed by atoms with Gasteiger partial charge in [-0.25, -0.2) is 0 Å². The number of nitrogens with one attached hydrogen (secondary N) is 1. The van der Waals surface area contributed by atoms with E-state index in [-0.39, 0.29) is 11.9 Å². The summed E-state index contributed by atoms with van der Waals surface area (Å²) in [6.45, 7) is 4.78. The summed E-state index contributed by atoms with van der Waals surface area (Å²) in [5.74, 6) is -0.323. The molecule has 0 bridgehead atoms. The summed E-state index contributed by atoms with van der Waals surface area (Å²) in [6.07, 6.45) is 0. The van der Waals surface area contributed by atoms with E-state index in [4.69, 9.17) is 10.5 Å². The summed E-state index contributed by atoms with van der Waals surface area (Å²) < 4.78 is 5.20. The van der Waals surface area contributed by atoms with Crippen LogP contribution in [0, 0.1) is 0 Å². The number of hydrogen-bond donors (Lipinski definition) is 2. The van der Waals surface area contributed by atoms with Gasteiger partial charge < -0.3 is 20.7 Å². The van der Waals surface area contributed by atoms with E-state index in [1.54, 1.807) is 7.05 Å². The van der Waals surface area contributed by atoms with Gasteiger partial charge in [0.15, 0.2) is 0 Å². The van der Waals surface area contributed by atoms with Crippen molar-refractivity contribution in [2.75, 3.05) is 40.4 Å². The first-order valence-corrected chi connectivity index (χ1v) is 4.84. The maximum atomic E-state index is 10.9. The lowest BCUT2D eigenvalue weighted by Gasteiger charge is -2.21. The molecule has 0 spiro atoms. The maximum absolute atomic E-state index is 10.9. The Balaban J connectivity index is 3.67. The van der Waals surface area contributed by atoms with Crippen LogP contribution in [0.4, 0.5) is 0 Å². The number of carbonyl (C=O) groups excluding carboxylic acids is 1. The zero-order chi connectivity index (χ0) is 11.0. The summed E-state index contributed by atoms with van der Waals surface area (Å²) in [7, 11) is 3.66. The molecule has 0 aliphatic rings. The number of nitrogens with zero attached hydrogens (tertiary/aromatic N) is 1. The molecular weight excluding hydrogens is 182 g/mol. The molecule has 0 radical (unpaired) electrons. The van der Waals surface area contributed by atoms with Crippen molar-refractivity contribution in [2.24, 2.45) is 5.73 Å². The standard InChI is InChI=1S/C9H21N3O2/c1-4-14-6-5-12(3)7-8(11-2)9(10)13/h8,11H,4-7H2,1-3H3,(H2,10,13). The highest BCUT2D eigenvalue weighted by Gasteiger charge is 2.14. The molecule has 0 fully saturated rings. The zero-order valence-corrected chi connectivity index (χ0v) is 9.25. The van der Waals surface area contributed by atoms with Gasteiger partial charge in [-0.1, -0.05) is 0 Å². The van der Waals surface area contributed by atoms with Crippen molar-refractivity contribution in [2.45, 2.75) is 13.0 Å². The maximum Gasteiger partial charge on any atom is 0.235 e. The normalized spacial score (nSPS) is 13.1. The third-order valence-electron chi connectivity index (χ3n) is 2.01. The topological polar surface area (TPSA) is 67.6 Å². The van der Waals surface area contributed by atoms with E-state index in [0.717, 1.165) is 13.2 Å². The van der Waals surface area contributed by atoms with Crippen LogP contribution in [0.25, 0.3) is 0 Å². The van der Waals surface area contributed by atoms with Gasteiger partial charge in [0.25, 0.3) is 0 Å². The van der Waals surface area contributed by atoms with Crippen molar-refractivity contribution in [3.8, 4) is 0 Å². The van der Waals surface area contributed by atoms with Crippen molar-refractivity contribution in [3.05, 3.63) is 0 Å². The van der Waals surface area contributed by atoms with Crippen LogP contribution in [0.3, 0.4) is 0 Å². The smallest absolute Gasteiger partial charge is 0.235 e. The fourth-order valence-electron chi connectivity index (χ4n) is 1.09. The highest BCUT2D eigenvalue weighted by atomic mass is 16.5. The fourth-order valence-corrected chi connectivity index (χ4v) is 1.09. The Labute approximate surface area is 85.6 Å². The zero-order valence-electron chi connectivity index (χ0n) is 9.25. The van der Waals surface area contributed by atoms with E-state index < -0.39 is 0 Å². The molecular formula is C9H21N3O2. The number of hydrogen-bond acceptors (Lipinski definition) is 4. The largest absolute Gasteiger partial charge is 0.380 e. The summed E-state index contributed by atoms with van der Waals surface area (Å²) in [6, 6.07) is -0.290. The molecule has 1 unspecified atom stereocenters. The molecule has 0 heterocycles. The third kappa shape index (κ3) is 5.90. The molecule has 3 N–H and O–H groups in total. The number of primary amides is 1. The average molecular weight is 203 g/mol. The van der Waals surface area contributed by atoms with E-state index in [1.165, 1.54) is 0 Å². The van der Waals surface area contributed by atoms with Crippen LogP contribution < -0.4 is 11.1 Å². The van der Waals surface area contributed by atoms with E-state index >= 15 is 0 Å². The molecule has 0 saturated carbocycles. The van der Waals surface area contributed by atoms with Crippen LogP contribution in [0.15, 0.2) is 0 Å². The van der Waals surface area contributed by atoms with Crippen molar-refractivity contribution in [3.63, 3.8) is 0 Å². The summed E-state index contributed by atoms with van der Waals surface area (Å²) in [4.78, 5) is 12.9. The van der Waals surface area contributed by atoms with Crippen LogP contribution in [0.5, 0.6) is 0 Å². The van der Waals surface area contributed by atoms with Crippen LogP contribution >= 0.6 is 0 Å². The number of nitrogens with two attached hydrogens (primary N) is 1. The number of rotatable bonds is 8. The summed E-state index contributed by atoms with van der Waals surface area (Å²) in [5.41, 5.74) is 5.19. The van der Waals surface area contributed by atoms with Gasteiger partial charge in [0.2, 0.25) is 5.91 Å². The Morgan fingerprint density at radius 1 is 1.64 bits per heavy atom. The number of carbonyl (C=O) groups is 1. The lowest BCUT2D eigenvalue weighted by Crippen LogP contribution is -2.47. The van der Waals surface area contributed by atoms with Crippen LogP contribution in [0.1, 0.15) is 6.92 Å². The highest BCUT2D eigenvalue weighted by Crippen LogP contribution is 1.89. The van der Waals surface area contributed by atoms with E-state index in [1.807, 2.05) is 18.9 Å². The molecule has 84 valence electrons. The van der Waals surface area contributed by atoms with Gasteiger partial charge in [-0.15, -0.1) is 0 Å². The van der Waals surface area contributed by atoms with Crippen LogP contribution in [-0.2, 0) is 9.53 Å². The molecule has 0 aromatic heterocycles. The Bertz CT molecular complexity index is 164. The minimum Gasteiger partial charge on any atom is -0.380 e. The molecule has 5 nitrogen and oxygen atoms in total. The minimum atomic E-state index is -0.323. The first-order chi connectivity index (χ1) is 6.61. The Hall–Kier alpha value is -0.650. The first-order valence-electron chi connectivity index (χ1n) is 4.84. The predicted octanol–water partition coefficient (Wildman–Crippen LogP) is -0.972. The van der Waals surface area contributed by atoms with Gasteiger partial charge >= 0.3 is 0 Å². The van der Waals surface area contributed by atoms with E-state index in [2.05, 4.69) is 5.32 Å². The van der Waals surface area contributed by atoms with Crippen molar-refractivity contribution < 1.29 is 9.53 Å². The number of amides is 1. The number of likely N-dealkylation sites (N-methyl/N-ethyl adjacent to an activating group) is 2. The van der Waals surface area contributed by atoms with Crippen molar-refractivity contribution >= 4 is 5.91 Å². The Kier molecular flexibility index (Phi) is 7.37. The SMILES string of the molecule is CCOCCN(C)CC(NC)C(N)=O. The Morgan fingerprint density at radius 3 is 2.71 bits per heavy atom. The predicted molar refractivity (Wildman–Crippen MR) is 56.0 cm³/mol. The minimum absolute atomic E-state index is 0.290. The summed E-state index contributed by atoms with van der Waals surface area (Å²) in [5, 5.41) is 2.87. The fraction of sp³-hybridized carbons (Fsp3) is 0.889. The second kappa shape index (κ2) is 7.73. The summed E-state index contributed by atoms with van der Waals surface area (Å²) >= 11 is 0. The molecule has 0 aromatic carbocycles. The first kappa shape index (κ1) is 13.4. The lowest BCUT2D eigenvalue weighted by molar-refractivity contribution is -0.120. The monoisotopic (exact) mass is 203 g/mol. The van der Waals surface area contributed by atoms with Gasteiger partial charge in [-0.3, -0.25) is 4.79 Å². The molecule has 1 amide bonds. The van der Waals surface area contributed by atoms with Gasteiger partial charge in [0.1, 0.15) is 0 Å². The van der Waals surface area contributed by atoms with Crippen LogP contribution in [-0.4, -0.2) is 57.2 Å². The molecule has 0 aliphatic heterocycles. The molecule has 0 aliphatic carbocycles. The quantitative estimate of drug-likeness (QED) is 0.498. The second-order valence-electron chi connectivity index (χ2n) is 3.20. The third-order valence-corrected chi connectivity index (χ3v) is 2.01. The van der Waals surface area contributed by atoms with E-state index in [9.17, 15) is 4.79 Å². The van der Waals surface area contributed by atoms with E-state index in [0.29, 0.717) is 13.2 Å². The van der Waals surface area contributed by atoms with Gasteiger partial charge in [0.05, 0.1) is 12.6 Å². The average Bonchev–Trinajstić information content (AvgIpc) is 2.14. The van der Waals surface area contributed by atoms with Crippen molar-refractivity contribution in [1.82, 2.24) is 10.2 Å². The molecule has 0 aromatic rings. The highest BCUT2D eigenvalue weighted by molar-refractivity contribution is 5.80. The van der Waals surface area contributed by atoms with Gasteiger partial charge in [-0.2, -0.15) is 0 Å². The van der Waals surface area contributed by atoms with Gasteiger partial charge in [0, 0.05) is 19.7 Å². The number of ether oxygens (including phenoxy) is 1. The lowest BCUT2D eigenvalue weighted by atomic mass is 10.2. The molecule has 5 heteroatoms. The Morgan fingerprint density at radius 2 is 2.29 bits per heavy atom. The van der Waals surface area contributed by atoms with Crippen molar-refractivity contribution in [1.29, 1.82) is 0 Å².